The van der Waals surface area contributed by atoms with Crippen molar-refractivity contribution in [2.75, 3.05) is 19.0 Å². The second-order valence-corrected chi connectivity index (χ2v) is 11.2. The standard InChI is InChI=1S/C11H18F2N3O11P3S/c12-5-11(13)7(16-2-1-8(14)15-10(16)31)3-6(9(11)17)4-25-29(21,22)27-30(23,24)26-28(18,19)20/h1-2,6-7,9,17H,3-5H2,(H,21,22)(H,23,24)(H2,14,15,31)(H2,18,19,20)/t6-,7-,9+,11?/m1/s1. The first-order valence-corrected chi connectivity index (χ1v) is 13.0. The molecule has 7 N–H and O–H groups in total. The molecular weight excluding hydrogens is 513 g/mol. The molecule has 0 spiro atoms. The number of rotatable bonds is 9. The van der Waals surface area contributed by atoms with Crippen molar-refractivity contribution in [3.63, 3.8) is 0 Å². The number of hydrogen-bond donors (Lipinski definition) is 6. The van der Waals surface area contributed by atoms with Crippen LogP contribution in [0.15, 0.2) is 12.3 Å². The molecule has 20 heteroatoms. The fraction of sp³-hybridized carbons (Fsp3) is 0.636. The Bertz CT molecular complexity index is 1020. The third-order valence-electron chi connectivity index (χ3n) is 4.28. The van der Waals surface area contributed by atoms with Gasteiger partial charge in [0, 0.05) is 12.1 Å². The van der Waals surface area contributed by atoms with Crippen LogP contribution in [0, 0.1) is 10.7 Å². The molecule has 0 radical (unpaired) electrons. The van der Waals surface area contributed by atoms with Crippen LogP contribution in [0.4, 0.5) is 14.6 Å². The number of aliphatic hydroxyl groups is 1. The van der Waals surface area contributed by atoms with Crippen molar-refractivity contribution in [3.8, 4) is 0 Å². The molecule has 1 aliphatic carbocycles. The number of anilines is 1. The normalized spacial score (nSPS) is 30.6. The molecule has 31 heavy (non-hydrogen) atoms. The van der Waals surface area contributed by atoms with E-state index in [0.29, 0.717) is 0 Å². The molecule has 2 rings (SSSR count). The zero-order chi connectivity index (χ0) is 23.8. The van der Waals surface area contributed by atoms with Crippen LogP contribution in [0.3, 0.4) is 0 Å². The van der Waals surface area contributed by atoms with E-state index in [1.165, 1.54) is 12.3 Å². The van der Waals surface area contributed by atoms with Gasteiger partial charge in [-0.1, -0.05) is 0 Å². The number of phosphoric ester groups is 1. The quantitative estimate of drug-likeness (QED) is 0.194. The summed E-state index contributed by atoms with van der Waals surface area (Å²) in [5.41, 5.74) is 2.56. The number of phosphoric acid groups is 3. The van der Waals surface area contributed by atoms with Crippen LogP contribution in [0.25, 0.3) is 0 Å². The highest BCUT2D eigenvalue weighted by Gasteiger charge is 2.57. The third-order valence-corrected chi connectivity index (χ3v) is 8.38. The molecule has 0 aromatic carbocycles. The van der Waals surface area contributed by atoms with Gasteiger partial charge in [0.2, 0.25) is 4.77 Å². The van der Waals surface area contributed by atoms with E-state index in [9.17, 15) is 28.1 Å². The Morgan fingerprint density at radius 1 is 1.26 bits per heavy atom. The molecule has 1 heterocycles. The average molecular weight is 531 g/mol. The van der Waals surface area contributed by atoms with Gasteiger partial charge in [0.25, 0.3) is 0 Å². The molecular formula is C11H18F2N3O11P3S. The largest absolute Gasteiger partial charge is 0.490 e. The summed E-state index contributed by atoms with van der Waals surface area (Å²) in [6.07, 6.45) is -1.23. The molecule has 14 nitrogen and oxygen atoms in total. The Labute approximate surface area is 178 Å². The first-order valence-electron chi connectivity index (χ1n) is 8.05. The van der Waals surface area contributed by atoms with Gasteiger partial charge in [0.05, 0.1) is 18.8 Å². The average Bonchev–Trinajstić information content (AvgIpc) is 2.82. The molecule has 3 unspecified atom stereocenters. The Morgan fingerprint density at radius 2 is 1.87 bits per heavy atom. The monoisotopic (exact) mass is 531 g/mol. The van der Waals surface area contributed by atoms with Gasteiger partial charge in [0.15, 0.2) is 5.67 Å². The first kappa shape index (κ1) is 26.6. The summed E-state index contributed by atoms with van der Waals surface area (Å²) in [5.74, 6) is -1.33. The molecule has 1 aliphatic rings. The van der Waals surface area contributed by atoms with E-state index in [1.54, 1.807) is 0 Å². The summed E-state index contributed by atoms with van der Waals surface area (Å²) >= 11 is 4.96. The van der Waals surface area contributed by atoms with Gasteiger partial charge in [-0.25, -0.2) is 27.5 Å². The Hall–Kier alpha value is -0.670. The van der Waals surface area contributed by atoms with E-state index in [4.69, 9.17) is 32.6 Å². The van der Waals surface area contributed by atoms with Gasteiger partial charge in [-0.15, -0.1) is 0 Å². The van der Waals surface area contributed by atoms with E-state index < -0.39 is 60.5 Å². The minimum absolute atomic E-state index is 0.00807. The number of nitrogens with zero attached hydrogens (tertiary/aromatic N) is 2. The number of alkyl halides is 2. The lowest BCUT2D eigenvalue weighted by Crippen LogP contribution is -2.44. The van der Waals surface area contributed by atoms with Crippen molar-refractivity contribution in [2.24, 2.45) is 5.92 Å². The van der Waals surface area contributed by atoms with Crippen molar-refractivity contribution in [1.29, 1.82) is 0 Å². The molecule has 0 bridgehead atoms. The summed E-state index contributed by atoms with van der Waals surface area (Å²) in [5, 5.41) is 10.2. The minimum atomic E-state index is -5.75. The lowest BCUT2D eigenvalue weighted by molar-refractivity contribution is -0.0454. The van der Waals surface area contributed by atoms with Gasteiger partial charge in [0.1, 0.15) is 12.5 Å². The lowest BCUT2D eigenvalue weighted by atomic mass is 9.97. The highest BCUT2D eigenvalue weighted by Crippen LogP contribution is 2.66. The summed E-state index contributed by atoms with van der Waals surface area (Å²) in [6, 6.07) is -0.164. The highest BCUT2D eigenvalue weighted by molar-refractivity contribution is 7.71. The number of halogens is 2. The Balaban J connectivity index is 2.17. The van der Waals surface area contributed by atoms with Gasteiger partial charge >= 0.3 is 23.5 Å². The van der Waals surface area contributed by atoms with Crippen LogP contribution in [0.2, 0.25) is 0 Å². The smallest absolute Gasteiger partial charge is 0.389 e. The number of nitrogens with two attached hydrogens (primary N) is 1. The zero-order valence-electron chi connectivity index (χ0n) is 15.2. The summed E-state index contributed by atoms with van der Waals surface area (Å²) in [4.78, 5) is 39.3. The fourth-order valence-electron chi connectivity index (χ4n) is 3.03. The number of hydrogen-bond acceptors (Lipinski definition) is 10. The van der Waals surface area contributed by atoms with Crippen LogP contribution in [-0.2, 0) is 26.8 Å². The predicted molar refractivity (Wildman–Crippen MR) is 100 cm³/mol. The number of aromatic nitrogens is 2. The molecule has 0 aliphatic heterocycles. The van der Waals surface area contributed by atoms with Crippen LogP contribution in [0.1, 0.15) is 12.5 Å². The van der Waals surface area contributed by atoms with Crippen LogP contribution < -0.4 is 5.73 Å². The van der Waals surface area contributed by atoms with E-state index in [0.717, 1.165) is 4.57 Å². The van der Waals surface area contributed by atoms with Crippen LogP contribution in [0.5, 0.6) is 0 Å². The molecule has 178 valence electrons. The maximum atomic E-state index is 15.2. The highest BCUT2D eigenvalue weighted by atomic mass is 32.1. The van der Waals surface area contributed by atoms with Gasteiger partial charge < -0.3 is 35.0 Å². The van der Waals surface area contributed by atoms with E-state index >= 15 is 4.39 Å². The lowest BCUT2D eigenvalue weighted by Gasteiger charge is -2.29. The summed E-state index contributed by atoms with van der Waals surface area (Å²) in [7, 11) is -16.8. The second kappa shape index (κ2) is 9.29. The van der Waals surface area contributed by atoms with Crippen molar-refractivity contribution >= 4 is 41.5 Å². The summed E-state index contributed by atoms with van der Waals surface area (Å²) < 4.78 is 74.8. The van der Waals surface area contributed by atoms with E-state index in [2.05, 4.69) is 18.1 Å². The number of aliphatic hydroxyl groups excluding tert-OH is 1. The second-order valence-electron chi connectivity index (χ2n) is 6.45. The molecule has 1 aromatic heterocycles. The minimum Gasteiger partial charge on any atom is -0.389 e. The maximum absolute atomic E-state index is 15.2. The van der Waals surface area contributed by atoms with Crippen molar-refractivity contribution in [3.05, 3.63) is 17.0 Å². The molecule has 1 saturated carbocycles. The van der Waals surface area contributed by atoms with Crippen molar-refractivity contribution in [1.82, 2.24) is 9.55 Å². The van der Waals surface area contributed by atoms with Crippen molar-refractivity contribution in [2.45, 2.75) is 24.2 Å². The molecule has 0 amide bonds. The Morgan fingerprint density at radius 3 is 2.39 bits per heavy atom. The van der Waals surface area contributed by atoms with Gasteiger partial charge in [-0.2, -0.15) is 8.62 Å². The van der Waals surface area contributed by atoms with Gasteiger partial charge in [-0.05, 0) is 24.7 Å². The SMILES string of the molecule is Nc1ccn([C@@H]2C[C@H](COP(=O)(O)OP(=O)(O)OP(=O)(O)O)[C@H](O)C2(F)CF)c(=S)n1. The predicted octanol–water partition coefficient (Wildman–Crippen LogP) is 1.14. The molecule has 1 aromatic rings. The number of nitrogen functional groups attached to an aromatic ring is 1. The molecule has 0 saturated heterocycles. The van der Waals surface area contributed by atoms with E-state index in [-0.39, 0.29) is 17.0 Å². The topological polar surface area (TPSA) is 224 Å². The Kier molecular flexibility index (Phi) is 7.97. The maximum Gasteiger partial charge on any atom is 0.490 e. The van der Waals surface area contributed by atoms with E-state index in [1.807, 2.05) is 0 Å². The fourth-order valence-corrected chi connectivity index (χ4v) is 6.40. The summed E-state index contributed by atoms with van der Waals surface area (Å²) in [6.45, 7) is -2.65. The zero-order valence-corrected chi connectivity index (χ0v) is 18.7. The first-order chi connectivity index (χ1) is 14.0. The molecule has 6 atom stereocenters. The third kappa shape index (κ3) is 6.67. The van der Waals surface area contributed by atoms with Crippen LogP contribution in [-0.4, -0.2) is 59.3 Å². The molecule has 1 fully saturated rings. The van der Waals surface area contributed by atoms with Crippen molar-refractivity contribution < 1.29 is 60.3 Å². The van der Waals surface area contributed by atoms with Gasteiger partial charge in [-0.3, -0.25) is 4.52 Å². The van der Waals surface area contributed by atoms with Crippen LogP contribution >= 0.6 is 35.7 Å².